The van der Waals surface area contributed by atoms with E-state index in [1.54, 1.807) is 6.07 Å². The van der Waals surface area contributed by atoms with E-state index in [4.69, 9.17) is 17.3 Å². The molecule has 0 atom stereocenters. The second-order valence-electron chi connectivity index (χ2n) is 5.01. The van der Waals surface area contributed by atoms with Gasteiger partial charge in [0.1, 0.15) is 11.4 Å². The van der Waals surface area contributed by atoms with Gasteiger partial charge < -0.3 is 10.6 Å². The van der Waals surface area contributed by atoms with Gasteiger partial charge in [-0.3, -0.25) is 10.1 Å². The zero-order valence-corrected chi connectivity index (χ0v) is 14.2. The van der Waals surface area contributed by atoms with Crippen molar-refractivity contribution in [2.45, 2.75) is 13.8 Å². The van der Waals surface area contributed by atoms with Gasteiger partial charge in [-0.25, -0.2) is 0 Å². The molecule has 0 amide bonds. The number of nitro benzene ring substituents is 1. The van der Waals surface area contributed by atoms with E-state index in [-0.39, 0.29) is 10.7 Å². The molecular weight excluding hydrogens is 330 g/mol. The number of hydrogen-bond donors (Lipinski definition) is 1. The van der Waals surface area contributed by atoms with Crippen LogP contribution in [0.2, 0.25) is 5.02 Å². The molecular formula is C16H18ClN5O2. The Hall–Kier alpha value is -2.67. The highest BCUT2D eigenvalue weighted by Gasteiger charge is 2.09. The van der Waals surface area contributed by atoms with Gasteiger partial charge in [0.05, 0.1) is 15.6 Å². The lowest BCUT2D eigenvalue weighted by Gasteiger charge is -2.21. The van der Waals surface area contributed by atoms with Gasteiger partial charge in [0.2, 0.25) is 0 Å². The molecule has 0 heterocycles. The molecule has 0 radical (unpaired) electrons. The summed E-state index contributed by atoms with van der Waals surface area (Å²) in [5, 5.41) is 19.0. The quantitative estimate of drug-likeness (QED) is 0.340. The van der Waals surface area contributed by atoms with Crippen molar-refractivity contribution < 1.29 is 4.92 Å². The molecule has 2 N–H and O–H groups in total. The molecule has 24 heavy (non-hydrogen) atoms. The van der Waals surface area contributed by atoms with Crippen LogP contribution in [0.4, 0.5) is 28.4 Å². The number of anilines is 2. The van der Waals surface area contributed by atoms with Crippen molar-refractivity contribution in [2.24, 2.45) is 10.2 Å². The Kier molecular flexibility index (Phi) is 5.70. The maximum atomic E-state index is 10.7. The van der Waals surface area contributed by atoms with E-state index >= 15 is 0 Å². The third-order valence-electron chi connectivity index (χ3n) is 3.55. The molecule has 0 saturated carbocycles. The lowest BCUT2D eigenvalue weighted by molar-refractivity contribution is -0.384. The molecule has 0 aliphatic carbocycles. The number of nitrogens with zero attached hydrogens (tertiary/aromatic N) is 4. The molecule has 8 heteroatoms. The van der Waals surface area contributed by atoms with Crippen LogP contribution in [0.1, 0.15) is 13.8 Å². The van der Waals surface area contributed by atoms with E-state index < -0.39 is 4.92 Å². The highest BCUT2D eigenvalue weighted by molar-refractivity contribution is 6.33. The number of azo groups is 1. The van der Waals surface area contributed by atoms with Gasteiger partial charge in [-0.15, -0.1) is 10.2 Å². The largest absolute Gasteiger partial charge is 0.397 e. The zero-order valence-electron chi connectivity index (χ0n) is 13.4. The molecule has 126 valence electrons. The molecule has 0 unspecified atom stereocenters. The van der Waals surface area contributed by atoms with E-state index in [0.717, 1.165) is 18.8 Å². The van der Waals surface area contributed by atoms with Crippen LogP contribution in [0, 0.1) is 10.1 Å². The van der Waals surface area contributed by atoms with Gasteiger partial charge in [-0.05, 0) is 38.1 Å². The molecule has 2 aromatic rings. The molecule has 7 nitrogen and oxygen atoms in total. The smallest absolute Gasteiger partial charge is 0.271 e. The van der Waals surface area contributed by atoms with Crippen molar-refractivity contribution in [3.63, 3.8) is 0 Å². The van der Waals surface area contributed by atoms with Crippen LogP contribution < -0.4 is 10.6 Å². The number of hydrogen-bond acceptors (Lipinski definition) is 6. The fourth-order valence-electron chi connectivity index (χ4n) is 2.22. The minimum Gasteiger partial charge on any atom is -0.397 e. The Morgan fingerprint density at radius 1 is 1.12 bits per heavy atom. The second-order valence-corrected chi connectivity index (χ2v) is 5.42. The Labute approximate surface area is 144 Å². The van der Waals surface area contributed by atoms with Crippen molar-refractivity contribution in [3.05, 3.63) is 51.5 Å². The second kappa shape index (κ2) is 7.74. The zero-order chi connectivity index (χ0) is 17.7. The molecule has 0 aromatic heterocycles. The van der Waals surface area contributed by atoms with E-state index in [0.29, 0.717) is 17.1 Å². The summed E-state index contributed by atoms with van der Waals surface area (Å²) >= 11 is 5.99. The monoisotopic (exact) mass is 347 g/mol. The van der Waals surface area contributed by atoms with Crippen molar-refractivity contribution in [1.82, 2.24) is 0 Å². The highest BCUT2D eigenvalue weighted by atomic mass is 35.5. The van der Waals surface area contributed by atoms with Crippen LogP contribution in [-0.2, 0) is 0 Å². The number of nitro groups is 1. The van der Waals surface area contributed by atoms with Gasteiger partial charge in [0.25, 0.3) is 5.69 Å². The number of halogens is 1. The van der Waals surface area contributed by atoms with Gasteiger partial charge in [0, 0.05) is 30.9 Å². The fourth-order valence-corrected chi connectivity index (χ4v) is 2.43. The van der Waals surface area contributed by atoms with Crippen LogP contribution in [0.5, 0.6) is 0 Å². The summed E-state index contributed by atoms with van der Waals surface area (Å²) in [7, 11) is 0. The topological polar surface area (TPSA) is 97.1 Å². The summed E-state index contributed by atoms with van der Waals surface area (Å²) in [6.45, 7) is 5.91. The van der Waals surface area contributed by atoms with Crippen molar-refractivity contribution in [3.8, 4) is 0 Å². The SMILES string of the molecule is CCN(CC)c1ccc(N=Nc2ccc([N+](=O)[O-])cc2Cl)c(N)c1. The summed E-state index contributed by atoms with van der Waals surface area (Å²) in [6, 6.07) is 9.57. The molecule has 0 fully saturated rings. The molecule has 0 bridgehead atoms. The third-order valence-corrected chi connectivity index (χ3v) is 3.85. The predicted octanol–water partition coefficient (Wildman–Crippen LogP) is 5.09. The minimum absolute atomic E-state index is 0.0953. The number of benzene rings is 2. The first-order valence-electron chi connectivity index (χ1n) is 7.46. The van der Waals surface area contributed by atoms with Crippen LogP contribution in [0.3, 0.4) is 0 Å². The van der Waals surface area contributed by atoms with Crippen molar-refractivity contribution >= 4 is 40.0 Å². The fraction of sp³-hybridized carbons (Fsp3) is 0.250. The van der Waals surface area contributed by atoms with Crippen molar-refractivity contribution in [2.75, 3.05) is 23.7 Å². The molecule has 0 aliphatic heterocycles. The Morgan fingerprint density at radius 2 is 1.75 bits per heavy atom. The number of nitrogens with two attached hydrogens (primary N) is 1. The first-order chi connectivity index (χ1) is 11.5. The van der Waals surface area contributed by atoms with Crippen LogP contribution in [-0.4, -0.2) is 18.0 Å². The minimum atomic E-state index is -0.517. The standard InChI is InChI=1S/C16H18ClN5O2/c1-3-21(4-2)11-5-8-16(14(18)10-11)20-19-15-7-6-12(22(23)24)9-13(15)17/h5-10H,3-4,18H2,1-2H3. The van der Waals surface area contributed by atoms with Gasteiger partial charge in [-0.2, -0.15) is 0 Å². The summed E-state index contributed by atoms with van der Waals surface area (Å²) in [5.74, 6) is 0. The van der Waals surface area contributed by atoms with E-state index in [1.165, 1.54) is 18.2 Å². The third kappa shape index (κ3) is 3.99. The molecule has 2 rings (SSSR count). The van der Waals surface area contributed by atoms with Gasteiger partial charge >= 0.3 is 0 Å². The normalized spacial score (nSPS) is 11.0. The molecule has 0 spiro atoms. The summed E-state index contributed by atoms with van der Waals surface area (Å²) < 4.78 is 0. The molecule has 0 aliphatic rings. The lowest BCUT2D eigenvalue weighted by atomic mass is 10.2. The van der Waals surface area contributed by atoms with Gasteiger partial charge in [-0.1, -0.05) is 11.6 Å². The van der Waals surface area contributed by atoms with Crippen molar-refractivity contribution in [1.29, 1.82) is 0 Å². The van der Waals surface area contributed by atoms with Crippen LogP contribution >= 0.6 is 11.6 Å². The summed E-state index contributed by atoms with van der Waals surface area (Å²) in [4.78, 5) is 12.4. The first-order valence-corrected chi connectivity index (χ1v) is 7.84. The Bertz CT molecular complexity index is 775. The maximum Gasteiger partial charge on any atom is 0.271 e. The Morgan fingerprint density at radius 3 is 2.29 bits per heavy atom. The predicted molar refractivity (Wildman–Crippen MR) is 96.7 cm³/mol. The Balaban J connectivity index is 2.25. The van der Waals surface area contributed by atoms with E-state index in [1.807, 2.05) is 12.1 Å². The van der Waals surface area contributed by atoms with Gasteiger partial charge in [0.15, 0.2) is 0 Å². The van der Waals surface area contributed by atoms with E-state index in [9.17, 15) is 10.1 Å². The lowest BCUT2D eigenvalue weighted by Crippen LogP contribution is -2.21. The van der Waals surface area contributed by atoms with E-state index in [2.05, 4.69) is 29.0 Å². The number of rotatable bonds is 6. The van der Waals surface area contributed by atoms with Crippen LogP contribution in [0.15, 0.2) is 46.6 Å². The summed E-state index contributed by atoms with van der Waals surface area (Å²) in [5.41, 5.74) is 8.31. The summed E-state index contributed by atoms with van der Waals surface area (Å²) in [6.07, 6.45) is 0. The van der Waals surface area contributed by atoms with Crippen LogP contribution in [0.25, 0.3) is 0 Å². The average Bonchev–Trinajstić information content (AvgIpc) is 2.56. The highest BCUT2D eigenvalue weighted by Crippen LogP contribution is 2.32. The average molecular weight is 348 g/mol. The number of nitrogen functional groups attached to an aromatic ring is 1. The first kappa shape index (κ1) is 17.7. The molecule has 2 aromatic carbocycles. The maximum absolute atomic E-state index is 10.7. The molecule has 0 saturated heterocycles. The number of non-ortho nitro benzene ring substituents is 1.